The van der Waals surface area contributed by atoms with Gasteiger partial charge in [0, 0.05) is 5.57 Å². The highest BCUT2D eigenvalue weighted by atomic mass is 15.5. The van der Waals surface area contributed by atoms with E-state index >= 15 is 0 Å². The van der Waals surface area contributed by atoms with Crippen LogP contribution in [0.2, 0.25) is 0 Å². The van der Waals surface area contributed by atoms with E-state index in [1.165, 1.54) is 28.7 Å². The summed E-state index contributed by atoms with van der Waals surface area (Å²) in [5.74, 6) is 0.748. The zero-order chi connectivity index (χ0) is 11.7. The van der Waals surface area contributed by atoms with E-state index in [1.54, 1.807) is 0 Å². The standard InChI is InChI=1S/C13H14N4/c1-9-5-7-10(8-6-9)11-3-2-4-12(11)13-14-16-17-15-13/h5-8H,2-4H2,1H3,(H,14,15,16,17). The van der Waals surface area contributed by atoms with Crippen molar-refractivity contribution in [2.75, 3.05) is 0 Å². The van der Waals surface area contributed by atoms with Gasteiger partial charge in [0.15, 0.2) is 0 Å². The Morgan fingerprint density at radius 2 is 1.82 bits per heavy atom. The summed E-state index contributed by atoms with van der Waals surface area (Å²) in [5, 5.41) is 14.3. The average molecular weight is 226 g/mol. The summed E-state index contributed by atoms with van der Waals surface area (Å²) in [6.45, 7) is 2.10. The van der Waals surface area contributed by atoms with E-state index < -0.39 is 0 Å². The van der Waals surface area contributed by atoms with Crippen molar-refractivity contribution in [2.24, 2.45) is 0 Å². The number of hydrogen-bond acceptors (Lipinski definition) is 3. The first-order valence-electron chi connectivity index (χ1n) is 5.87. The fourth-order valence-corrected chi connectivity index (χ4v) is 2.35. The lowest BCUT2D eigenvalue weighted by Gasteiger charge is -2.05. The van der Waals surface area contributed by atoms with Gasteiger partial charge in [-0.2, -0.15) is 5.21 Å². The summed E-state index contributed by atoms with van der Waals surface area (Å²) in [6.07, 6.45) is 3.32. The van der Waals surface area contributed by atoms with Crippen LogP contribution < -0.4 is 0 Å². The minimum atomic E-state index is 0.748. The van der Waals surface area contributed by atoms with Crippen LogP contribution in [0.4, 0.5) is 0 Å². The Morgan fingerprint density at radius 3 is 2.53 bits per heavy atom. The molecule has 1 aromatic carbocycles. The van der Waals surface area contributed by atoms with E-state index in [4.69, 9.17) is 0 Å². The summed E-state index contributed by atoms with van der Waals surface area (Å²) in [5.41, 5.74) is 5.18. The van der Waals surface area contributed by atoms with Gasteiger partial charge in [0.2, 0.25) is 5.82 Å². The Morgan fingerprint density at radius 1 is 1.06 bits per heavy atom. The molecule has 0 amide bonds. The quantitative estimate of drug-likeness (QED) is 0.856. The lowest BCUT2D eigenvalue weighted by atomic mass is 10.0. The summed E-state index contributed by atoms with van der Waals surface area (Å²) < 4.78 is 0. The number of nitrogens with zero attached hydrogens (tertiary/aromatic N) is 3. The number of aromatic amines is 1. The largest absolute Gasteiger partial charge is 0.200 e. The van der Waals surface area contributed by atoms with Crippen molar-refractivity contribution < 1.29 is 0 Å². The minimum Gasteiger partial charge on any atom is -0.177 e. The van der Waals surface area contributed by atoms with E-state index in [1.807, 2.05) is 0 Å². The summed E-state index contributed by atoms with van der Waals surface area (Å²) >= 11 is 0. The van der Waals surface area contributed by atoms with E-state index in [-0.39, 0.29) is 0 Å². The smallest absolute Gasteiger partial charge is 0.177 e. The van der Waals surface area contributed by atoms with Gasteiger partial charge in [-0.1, -0.05) is 29.8 Å². The van der Waals surface area contributed by atoms with Gasteiger partial charge in [0.1, 0.15) is 0 Å². The third-order valence-corrected chi connectivity index (χ3v) is 3.23. The van der Waals surface area contributed by atoms with Crippen LogP contribution in [0.1, 0.15) is 36.2 Å². The Balaban J connectivity index is 2.06. The van der Waals surface area contributed by atoms with Gasteiger partial charge in [0.25, 0.3) is 0 Å². The Labute approximate surface area is 99.8 Å². The molecule has 0 fully saturated rings. The number of allylic oxidation sites excluding steroid dienone is 2. The molecule has 86 valence electrons. The summed E-state index contributed by atoms with van der Waals surface area (Å²) in [6, 6.07) is 8.65. The zero-order valence-corrected chi connectivity index (χ0v) is 9.77. The third-order valence-electron chi connectivity index (χ3n) is 3.23. The molecule has 0 unspecified atom stereocenters. The van der Waals surface area contributed by atoms with Gasteiger partial charge in [-0.25, -0.2) is 0 Å². The van der Waals surface area contributed by atoms with Gasteiger partial charge in [-0.3, -0.25) is 0 Å². The molecule has 1 N–H and O–H groups in total. The van der Waals surface area contributed by atoms with Gasteiger partial charge in [-0.15, -0.1) is 10.2 Å². The van der Waals surface area contributed by atoms with Crippen molar-refractivity contribution in [3.63, 3.8) is 0 Å². The van der Waals surface area contributed by atoms with Crippen molar-refractivity contribution in [2.45, 2.75) is 26.2 Å². The number of H-pyrrole nitrogens is 1. The van der Waals surface area contributed by atoms with Crippen LogP contribution in [0, 0.1) is 6.92 Å². The molecular formula is C13H14N4. The van der Waals surface area contributed by atoms with Crippen LogP contribution in [0.15, 0.2) is 24.3 Å². The van der Waals surface area contributed by atoms with Crippen LogP contribution in [-0.2, 0) is 0 Å². The number of benzene rings is 1. The first-order valence-corrected chi connectivity index (χ1v) is 5.87. The monoisotopic (exact) mass is 226 g/mol. The van der Waals surface area contributed by atoms with Crippen LogP contribution >= 0.6 is 0 Å². The molecule has 2 aromatic rings. The maximum atomic E-state index is 4.09. The number of tetrazole rings is 1. The predicted octanol–water partition coefficient (Wildman–Crippen LogP) is 2.60. The Kier molecular flexibility index (Phi) is 2.48. The molecule has 4 nitrogen and oxygen atoms in total. The first kappa shape index (κ1) is 10.2. The van der Waals surface area contributed by atoms with Crippen molar-refractivity contribution in [1.82, 2.24) is 20.6 Å². The molecular weight excluding hydrogens is 212 g/mol. The second kappa shape index (κ2) is 4.13. The lowest BCUT2D eigenvalue weighted by Crippen LogP contribution is -1.89. The Hall–Kier alpha value is -1.97. The molecule has 1 aromatic heterocycles. The maximum Gasteiger partial charge on any atom is 0.200 e. The van der Waals surface area contributed by atoms with Crippen molar-refractivity contribution in [1.29, 1.82) is 0 Å². The van der Waals surface area contributed by atoms with Crippen molar-refractivity contribution in [3.8, 4) is 0 Å². The summed E-state index contributed by atoms with van der Waals surface area (Å²) in [4.78, 5) is 0. The highest BCUT2D eigenvalue weighted by Gasteiger charge is 2.20. The number of rotatable bonds is 2. The maximum absolute atomic E-state index is 4.09. The number of aryl methyl sites for hydroxylation is 1. The van der Waals surface area contributed by atoms with Crippen molar-refractivity contribution >= 4 is 11.1 Å². The van der Waals surface area contributed by atoms with Gasteiger partial charge in [-0.05, 0) is 42.5 Å². The normalized spacial score (nSPS) is 15.6. The highest BCUT2D eigenvalue weighted by Crippen LogP contribution is 2.38. The average Bonchev–Trinajstić information content (AvgIpc) is 3.00. The van der Waals surface area contributed by atoms with Gasteiger partial charge >= 0.3 is 0 Å². The van der Waals surface area contributed by atoms with E-state index in [0.717, 1.165) is 18.7 Å². The molecule has 1 aliphatic rings. The molecule has 1 heterocycles. The van der Waals surface area contributed by atoms with Crippen LogP contribution in [0.25, 0.3) is 11.1 Å². The molecule has 0 bridgehead atoms. The minimum absolute atomic E-state index is 0.748. The fraction of sp³-hybridized carbons (Fsp3) is 0.308. The fourth-order valence-electron chi connectivity index (χ4n) is 2.35. The lowest BCUT2D eigenvalue weighted by molar-refractivity contribution is 0.881. The molecule has 0 saturated carbocycles. The molecule has 0 aliphatic heterocycles. The molecule has 0 atom stereocenters. The van der Waals surface area contributed by atoms with Crippen molar-refractivity contribution in [3.05, 3.63) is 41.2 Å². The SMILES string of the molecule is Cc1ccc(C2=C(c3nn[nH]n3)CCC2)cc1. The van der Waals surface area contributed by atoms with E-state index in [0.29, 0.717) is 0 Å². The van der Waals surface area contributed by atoms with Crippen LogP contribution in [0.5, 0.6) is 0 Å². The molecule has 0 radical (unpaired) electrons. The van der Waals surface area contributed by atoms with E-state index in [2.05, 4.69) is 51.8 Å². The molecule has 3 rings (SSSR count). The number of hydrogen-bond donors (Lipinski definition) is 1. The van der Waals surface area contributed by atoms with E-state index in [9.17, 15) is 0 Å². The summed E-state index contributed by atoms with van der Waals surface area (Å²) in [7, 11) is 0. The second-order valence-electron chi connectivity index (χ2n) is 4.41. The first-order chi connectivity index (χ1) is 8.34. The molecule has 17 heavy (non-hydrogen) atoms. The zero-order valence-electron chi connectivity index (χ0n) is 9.77. The molecule has 4 heteroatoms. The van der Waals surface area contributed by atoms with Gasteiger partial charge in [0.05, 0.1) is 0 Å². The number of nitrogens with one attached hydrogen (secondary N) is 1. The Bertz CT molecular complexity index is 537. The molecule has 0 saturated heterocycles. The van der Waals surface area contributed by atoms with Gasteiger partial charge < -0.3 is 0 Å². The van der Waals surface area contributed by atoms with Crippen LogP contribution in [-0.4, -0.2) is 20.6 Å². The second-order valence-corrected chi connectivity index (χ2v) is 4.41. The topological polar surface area (TPSA) is 54.5 Å². The third kappa shape index (κ3) is 1.86. The predicted molar refractivity (Wildman–Crippen MR) is 66.0 cm³/mol. The molecule has 1 aliphatic carbocycles. The number of aromatic nitrogens is 4. The molecule has 0 spiro atoms. The van der Waals surface area contributed by atoms with Crippen LogP contribution in [0.3, 0.4) is 0 Å². The highest BCUT2D eigenvalue weighted by molar-refractivity contribution is 5.90.